The lowest BCUT2D eigenvalue weighted by Crippen LogP contribution is -2.47. The highest BCUT2D eigenvalue weighted by Gasteiger charge is 2.36. The fourth-order valence-corrected chi connectivity index (χ4v) is 8.30. The van der Waals surface area contributed by atoms with Crippen LogP contribution in [-0.4, -0.2) is 80.6 Å². The number of piperidine rings is 1. The van der Waals surface area contributed by atoms with Crippen molar-refractivity contribution in [3.8, 4) is 11.1 Å². The van der Waals surface area contributed by atoms with Gasteiger partial charge in [-0.25, -0.2) is 8.78 Å². The number of amides is 1. The number of carbonyl (C=O) groups is 1. The Morgan fingerprint density at radius 2 is 1.80 bits per heavy atom. The number of rotatable bonds is 6. The van der Waals surface area contributed by atoms with Crippen LogP contribution in [0.1, 0.15) is 86.7 Å². The number of hydrogen-bond donors (Lipinski definition) is 1. The summed E-state index contributed by atoms with van der Waals surface area (Å²) >= 11 is 0. The van der Waals surface area contributed by atoms with Gasteiger partial charge in [0.05, 0.1) is 18.8 Å². The maximum absolute atomic E-state index is 14.6. The second-order valence-electron chi connectivity index (χ2n) is 13.5. The zero-order valence-corrected chi connectivity index (χ0v) is 26.8. The molecule has 1 saturated heterocycles. The smallest absolute Gasteiger partial charge is 0.264 e. The van der Waals surface area contributed by atoms with Crippen LogP contribution < -0.4 is 10.2 Å². The molecule has 4 aliphatic rings. The molecule has 1 N–H and O–H groups in total. The van der Waals surface area contributed by atoms with Gasteiger partial charge in [-0.05, 0) is 94.8 Å². The number of hydrogen-bond acceptors (Lipinski definition) is 6. The minimum atomic E-state index is -2.62. The predicted molar refractivity (Wildman–Crippen MR) is 171 cm³/mol. The standard InChI is InChI=1S/C34H46F2N8O/c1-22(45)42-16-12-31-30(21-42)34(39-44(31)27-8-6-25(7-9-27)41(3)26-10-13-37-14-11-26)43-15-4-5-23-17-28(24-19-38-40(2)20-24)29(33(35)36)18-32(23)43/h17-20,25-27,33,37H,4-16,21H2,1-3H3. The molecule has 2 aromatic heterocycles. The van der Waals surface area contributed by atoms with Gasteiger partial charge >= 0.3 is 0 Å². The third-order valence-electron chi connectivity index (χ3n) is 10.9. The van der Waals surface area contributed by atoms with Gasteiger partial charge in [0.25, 0.3) is 6.43 Å². The number of nitrogens with zero attached hydrogens (tertiary/aromatic N) is 7. The van der Waals surface area contributed by atoms with Crippen LogP contribution in [0, 0.1) is 0 Å². The summed E-state index contributed by atoms with van der Waals surface area (Å²) in [7, 11) is 4.11. The summed E-state index contributed by atoms with van der Waals surface area (Å²) in [6, 6.07) is 5.18. The highest BCUT2D eigenvalue weighted by atomic mass is 19.3. The summed E-state index contributed by atoms with van der Waals surface area (Å²) in [4.78, 5) is 19.2. The number of alkyl halides is 2. The molecule has 1 saturated carbocycles. The minimum absolute atomic E-state index is 0.0171. The summed E-state index contributed by atoms with van der Waals surface area (Å²) < 4.78 is 33.1. The number of carbonyl (C=O) groups excluding carboxylic acids is 1. The molecule has 3 aliphatic heterocycles. The van der Waals surface area contributed by atoms with Crippen LogP contribution in [0.3, 0.4) is 0 Å². The average molecular weight is 621 g/mol. The largest absolute Gasteiger partial charge is 0.338 e. The van der Waals surface area contributed by atoms with Gasteiger partial charge in [0.15, 0.2) is 5.82 Å². The number of nitrogens with one attached hydrogen (secondary N) is 1. The molecule has 1 amide bonds. The summed E-state index contributed by atoms with van der Waals surface area (Å²) in [5.41, 5.74) is 5.41. The van der Waals surface area contributed by atoms with Crippen molar-refractivity contribution in [1.29, 1.82) is 0 Å². The van der Waals surface area contributed by atoms with Crippen LogP contribution in [0.4, 0.5) is 20.3 Å². The molecule has 2 fully saturated rings. The van der Waals surface area contributed by atoms with E-state index in [1.807, 2.05) is 11.0 Å². The number of halogens is 2. The van der Waals surface area contributed by atoms with Crippen LogP contribution in [0.5, 0.6) is 0 Å². The Bertz CT molecular complexity index is 1530. The lowest BCUT2D eigenvalue weighted by Gasteiger charge is -2.41. The Labute approximate surface area is 264 Å². The first-order valence-electron chi connectivity index (χ1n) is 16.8. The zero-order valence-electron chi connectivity index (χ0n) is 26.8. The monoisotopic (exact) mass is 620 g/mol. The molecule has 11 heteroatoms. The van der Waals surface area contributed by atoms with Crippen molar-refractivity contribution in [1.82, 2.24) is 34.7 Å². The van der Waals surface area contributed by atoms with E-state index in [-0.39, 0.29) is 11.5 Å². The molecule has 9 nitrogen and oxygen atoms in total. The summed E-state index contributed by atoms with van der Waals surface area (Å²) in [5.74, 6) is 0.890. The summed E-state index contributed by atoms with van der Waals surface area (Å²) in [5, 5.41) is 13.1. The normalized spacial score (nSPS) is 22.6. The SMILES string of the molecule is CC(=O)N1CCc2c(c(N3CCCc4cc(-c5cnn(C)c5)c(C(F)F)cc43)nn2C2CCC(N(C)C3CCNCC3)CC2)C1. The second kappa shape index (κ2) is 12.5. The predicted octanol–water partition coefficient (Wildman–Crippen LogP) is 5.38. The fourth-order valence-electron chi connectivity index (χ4n) is 8.30. The Hall–Kier alpha value is -3.31. The van der Waals surface area contributed by atoms with Gasteiger partial charge in [0.2, 0.25) is 5.91 Å². The molecule has 0 atom stereocenters. The first-order valence-corrected chi connectivity index (χ1v) is 16.8. The summed E-state index contributed by atoms with van der Waals surface area (Å²) in [6.07, 6.45) is 10.2. The number of anilines is 2. The lowest BCUT2D eigenvalue weighted by molar-refractivity contribution is -0.129. The van der Waals surface area contributed by atoms with Crippen LogP contribution in [0.2, 0.25) is 0 Å². The molecule has 0 radical (unpaired) electrons. The van der Waals surface area contributed by atoms with Crippen LogP contribution in [-0.2, 0) is 31.2 Å². The van der Waals surface area contributed by atoms with E-state index in [1.54, 1.807) is 37.1 Å². The van der Waals surface area contributed by atoms with Crippen molar-refractivity contribution in [2.75, 3.05) is 38.1 Å². The number of aromatic nitrogens is 4. The summed E-state index contributed by atoms with van der Waals surface area (Å²) in [6.45, 7) is 5.73. The van der Waals surface area contributed by atoms with Crippen molar-refractivity contribution >= 4 is 17.4 Å². The van der Waals surface area contributed by atoms with E-state index >= 15 is 0 Å². The molecule has 0 bridgehead atoms. The van der Waals surface area contributed by atoms with Gasteiger partial charge in [-0.3, -0.25) is 14.2 Å². The highest BCUT2D eigenvalue weighted by molar-refractivity contribution is 5.78. The lowest BCUT2D eigenvalue weighted by atomic mass is 9.88. The van der Waals surface area contributed by atoms with Crippen LogP contribution >= 0.6 is 0 Å². The molecular formula is C34H46F2N8O. The second-order valence-corrected chi connectivity index (χ2v) is 13.5. The molecular weight excluding hydrogens is 574 g/mol. The Kier molecular flexibility index (Phi) is 8.41. The Morgan fingerprint density at radius 1 is 1.04 bits per heavy atom. The number of aryl methyl sites for hydroxylation is 2. The van der Waals surface area contributed by atoms with Crippen molar-refractivity contribution in [3.05, 3.63) is 46.9 Å². The zero-order chi connectivity index (χ0) is 31.2. The van der Waals surface area contributed by atoms with Crippen LogP contribution in [0.15, 0.2) is 24.5 Å². The van der Waals surface area contributed by atoms with Gasteiger partial charge in [0.1, 0.15) is 0 Å². The third-order valence-corrected chi connectivity index (χ3v) is 10.9. The number of fused-ring (bicyclic) bond motifs is 2. The molecule has 7 rings (SSSR count). The maximum atomic E-state index is 14.6. The highest BCUT2D eigenvalue weighted by Crippen LogP contribution is 2.44. The van der Waals surface area contributed by atoms with Gasteiger partial charge in [-0.2, -0.15) is 10.2 Å². The third kappa shape index (κ3) is 5.78. The molecule has 1 aromatic carbocycles. The van der Waals surface area contributed by atoms with E-state index in [0.717, 1.165) is 80.7 Å². The molecule has 0 spiro atoms. The Balaban J connectivity index is 1.22. The molecule has 0 unspecified atom stereocenters. The van der Waals surface area contributed by atoms with Gasteiger partial charge in [0, 0.05) is 79.8 Å². The van der Waals surface area contributed by atoms with Gasteiger partial charge in [-0.1, -0.05) is 0 Å². The fraction of sp³-hybridized carbons (Fsp3) is 0.618. The van der Waals surface area contributed by atoms with Gasteiger partial charge in [-0.15, -0.1) is 0 Å². The van der Waals surface area contributed by atoms with Crippen LogP contribution in [0.25, 0.3) is 11.1 Å². The average Bonchev–Trinajstić information content (AvgIpc) is 3.67. The topological polar surface area (TPSA) is 74.5 Å². The maximum Gasteiger partial charge on any atom is 0.264 e. The Morgan fingerprint density at radius 3 is 2.49 bits per heavy atom. The van der Waals surface area contributed by atoms with E-state index in [4.69, 9.17) is 5.10 Å². The van der Waals surface area contributed by atoms with E-state index < -0.39 is 6.43 Å². The molecule has 5 heterocycles. The molecule has 45 heavy (non-hydrogen) atoms. The molecule has 3 aromatic rings. The van der Waals surface area contributed by atoms with Crippen molar-refractivity contribution in [2.45, 2.75) is 95.8 Å². The van der Waals surface area contributed by atoms with E-state index in [1.165, 1.54) is 18.5 Å². The molecule has 1 aliphatic carbocycles. The van der Waals surface area contributed by atoms with E-state index in [2.05, 4.69) is 31.9 Å². The van der Waals surface area contributed by atoms with Crippen molar-refractivity contribution in [2.24, 2.45) is 7.05 Å². The van der Waals surface area contributed by atoms with E-state index in [9.17, 15) is 13.6 Å². The first-order chi connectivity index (χ1) is 21.8. The van der Waals surface area contributed by atoms with Gasteiger partial charge < -0.3 is 20.0 Å². The van der Waals surface area contributed by atoms with Crippen molar-refractivity contribution < 1.29 is 13.6 Å². The van der Waals surface area contributed by atoms with Crippen molar-refractivity contribution in [3.63, 3.8) is 0 Å². The quantitative estimate of drug-likeness (QED) is 0.399. The minimum Gasteiger partial charge on any atom is -0.338 e. The first kappa shape index (κ1) is 30.3. The van der Waals surface area contributed by atoms with E-state index in [0.29, 0.717) is 48.9 Å². The number of benzene rings is 1. The molecule has 242 valence electrons.